The molecule has 0 saturated heterocycles. The third-order valence-electron chi connectivity index (χ3n) is 13.2. The van der Waals surface area contributed by atoms with Gasteiger partial charge in [0.1, 0.15) is 0 Å². The lowest BCUT2D eigenvalue weighted by atomic mass is 10.0. The first kappa shape index (κ1) is 63.1. The summed E-state index contributed by atoms with van der Waals surface area (Å²) in [6, 6.07) is -0.632. The van der Waals surface area contributed by atoms with Crippen LogP contribution in [-0.2, 0) is 14.3 Å². The fourth-order valence-corrected chi connectivity index (χ4v) is 8.72. The van der Waals surface area contributed by atoms with Gasteiger partial charge < -0.3 is 20.3 Å². The molecule has 382 valence electrons. The van der Waals surface area contributed by atoms with Gasteiger partial charge in [0, 0.05) is 12.8 Å². The molecule has 65 heavy (non-hydrogen) atoms. The SMILES string of the molecule is CCCCCC/C=C\C/C=C\CCCCCCCCCC(=O)OCCCCCCCCCCCCCCCCCCCC(=O)NC(CO)C(O)/C=C/CCCCCCCCCCCCC. The summed E-state index contributed by atoms with van der Waals surface area (Å²) in [4.78, 5) is 24.5. The number of unbranched alkanes of at least 4 members (excludes halogenated alkanes) is 38. The Morgan fingerprint density at radius 2 is 0.769 bits per heavy atom. The molecule has 0 aromatic rings. The Balaban J connectivity index is 3.43. The molecule has 2 unspecified atom stereocenters. The molecule has 6 heteroatoms. The molecular weight excluding hydrogens is 803 g/mol. The van der Waals surface area contributed by atoms with Gasteiger partial charge in [-0.2, -0.15) is 0 Å². The summed E-state index contributed by atoms with van der Waals surface area (Å²) in [5.41, 5.74) is 0. The van der Waals surface area contributed by atoms with Crippen molar-refractivity contribution in [3.63, 3.8) is 0 Å². The summed E-state index contributed by atoms with van der Waals surface area (Å²) < 4.78 is 5.48. The van der Waals surface area contributed by atoms with E-state index in [2.05, 4.69) is 43.5 Å². The highest BCUT2D eigenvalue weighted by Gasteiger charge is 2.18. The summed E-state index contributed by atoms with van der Waals surface area (Å²) in [7, 11) is 0. The molecule has 0 aromatic heterocycles. The van der Waals surface area contributed by atoms with Crippen LogP contribution in [0.5, 0.6) is 0 Å². The number of rotatable bonds is 53. The maximum absolute atomic E-state index is 12.4. The monoisotopic (exact) mass is 914 g/mol. The second kappa shape index (κ2) is 54.7. The van der Waals surface area contributed by atoms with Gasteiger partial charge in [0.15, 0.2) is 0 Å². The molecule has 0 spiro atoms. The summed E-state index contributed by atoms with van der Waals surface area (Å²) in [6.45, 7) is 4.87. The van der Waals surface area contributed by atoms with Gasteiger partial charge >= 0.3 is 5.97 Å². The largest absolute Gasteiger partial charge is 0.466 e. The van der Waals surface area contributed by atoms with Gasteiger partial charge in [-0.15, -0.1) is 0 Å². The zero-order valence-corrected chi connectivity index (χ0v) is 43.5. The minimum atomic E-state index is -0.848. The summed E-state index contributed by atoms with van der Waals surface area (Å²) in [6.07, 6.45) is 67.3. The number of allylic oxidation sites excluding steroid dienone is 5. The molecule has 2 atom stereocenters. The average Bonchev–Trinajstić information content (AvgIpc) is 3.31. The van der Waals surface area contributed by atoms with Crippen LogP contribution >= 0.6 is 0 Å². The number of hydrogen-bond donors (Lipinski definition) is 3. The number of aliphatic hydroxyl groups is 2. The van der Waals surface area contributed by atoms with Crippen molar-refractivity contribution in [1.29, 1.82) is 0 Å². The second-order valence-electron chi connectivity index (χ2n) is 19.6. The Labute approximate surface area is 404 Å². The van der Waals surface area contributed by atoms with Crippen LogP contribution in [0.1, 0.15) is 303 Å². The van der Waals surface area contributed by atoms with Gasteiger partial charge in [-0.05, 0) is 64.2 Å². The first-order valence-corrected chi connectivity index (χ1v) is 28.8. The summed E-state index contributed by atoms with van der Waals surface area (Å²) in [5, 5.41) is 23.1. The van der Waals surface area contributed by atoms with Crippen molar-refractivity contribution in [1.82, 2.24) is 5.32 Å². The molecule has 3 N–H and O–H groups in total. The van der Waals surface area contributed by atoms with E-state index in [9.17, 15) is 19.8 Å². The van der Waals surface area contributed by atoms with Gasteiger partial charge in [-0.1, -0.05) is 262 Å². The predicted octanol–water partition coefficient (Wildman–Crippen LogP) is 17.6. The zero-order chi connectivity index (χ0) is 47.2. The highest BCUT2D eigenvalue weighted by molar-refractivity contribution is 5.76. The van der Waals surface area contributed by atoms with Crippen LogP contribution in [0.15, 0.2) is 36.5 Å². The van der Waals surface area contributed by atoms with Gasteiger partial charge in [0.25, 0.3) is 0 Å². The van der Waals surface area contributed by atoms with Crippen molar-refractivity contribution in [2.45, 2.75) is 315 Å². The van der Waals surface area contributed by atoms with E-state index in [1.165, 1.54) is 225 Å². The average molecular weight is 915 g/mol. The third-order valence-corrected chi connectivity index (χ3v) is 13.2. The lowest BCUT2D eigenvalue weighted by molar-refractivity contribution is -0.143. The Kier molecular flexibility index (Phi) is 53.1. The van der Waals surface area contributed by atoms with Gasteiger partial charge in [-0.25, -0.2) is 0 Å². The molecule has 0 aliphatic rings. The second-order valence-corrected chi connectivity index (χ2v) is 19.6. The highest BCUT2D eigenvalue weighted by Crippen LogP contribution is 2.16. The highest BCUT2D eigenvalue weighted by atomic mass is 16.5. The first-order valence-electron chi connectivity index (χ1n) is 28.8. The van der Waals surface area contributed by atoms with Gasteiger partial charge in [-0.3, -0.25) is 9.59 Å². The van der Waals surface area contributed by atoms with E-state index in [-0.39, 0.29) is 18.5 Å². The van der Waals surface area contributed by atoms with Gasteiger partial charge in [0.2, 0.25) is 5.91 Å². The van der Waals surface area contributed by atoms with Crippen LogP contribution in [0.25, 0.3) is 0 Å². The van der Waals surface area contributed by atoms with Gasteiger partial charge in [0.05, 0.1) is 25.4 Å². The maximum atomic E-state index is 12.4. The molecule has 0 saturated carbocycles. The molecule has 0 fully saturated rings. The van der Waals surface area contributed by atoms with E-state index in [1.54, 1.807) is 6.08 Å². The van der Waals surface area contributed by atoms with E-state index in [0.29, 0.717) is 19.4 Å². The van der Waals surface area contributed by atoms with E-state index in [0.717, 1.165) is 51.4 Å². The molecule has 0 heterocycles. The van der Waals surface area contributed by atoms with E-state index < -0.39 is 12.1 Å². The van der Waals surface area contributed by atoms with Crippen LogP contribution in [0.3, 0.4) is 0 Å². The lowest BCUT2D eigenvalue weighted by Gasteiger charge is -2.20. The molecule has 6 nitrogen and oxygen atoms in total. The Bertz CT molecular complexity index is 1060. The summed E-state index contributed by atoms with van der Waals surface area (Å²) in [5.74, 6) is -0.0768. The molecule has 0 radical (unpaired) electrons. The van der Waals surface area contributed by atoms with Crippen molar-refractivity contribution < 1.29 is 24.5 Å². The molecule has 1 amide bonds. The third kappa shape index (κ3) is 51.3. The van der Waals surface area contributed by atoms with Crippen molar-refractivity contribution >= 4 is 11.9 Å². The molecule has 0 rings (SSSR count). The van der Waals surface area contributed by atoms with E-state index >= 15 is 0 Å². The standard InChI is InChI=1S/C59H111NO5/c1-3-5-7-9-11-13-15-17-18-19-22-25-29-33-37-41-45-49-53-59(64)65-54-50-46-42-38-34-30-26-23-20-21-24-28-32-36-40-44-48-52-58(63)60-56(55-61)57(62)51-47-43-39-35-31-27-16-14-12-10-8-6-4-2/h13,15,18-19,47,51,56-57,61-62H,3-12,14,16-17,20-46,48-50,52-55H2,1-2H3,(H,60,63)/b15-13-,19-18-,51-47+. The van der Waals surface area contributed by atoms with Crippen molar-refractivity contribution in [3.05, 3.63) is 36.5 Å². The maximum Gasteiger partial charge on any atom is 0.305 e. The molecule has 0 aliphatic heterocycles. The number of ether oxygens (including phenoxy) is 1. The predicted molar refractivity (Wildman–Crippen MR) is 283 cm³/mol. The number of esters is 1. The van der Waals surface area contributed by atoms with Crippen LogP contribution in [0.2, 0.25) is 0 Å². The first-order chi connectivity index (χ1) is 32.0. The fraction of sp³-hybridized carbons (Fsp3) is 0.864. The summed E-state index contributed by atoms with van der Waals surface area (Å²) >= 11 is 0. The number of carbonyl (C=O) groups excluding carboxylic acids is 2. The number of nitrogens with one attached hydrogen (secondary N) is 1. The quantitative estimate of drug-likeness (QED) is 0.0321. The fourth-order valence-electron chi connectivity index (χ4n) is 8.72. The number of aliphatic hydroxyl groups excluding tert-OH is 2. The van der Waals surface area contributed by atoms with Crippen molar-refractivity contribution in [2.24, 2.45) is 0 Å². The molecule has 0 aromatic carbocycles. The van der Waals surface area contributed by atoms with Crippen LogP contribution in [0.4, 0.5) is 0 Å². The minimum absolute atomic E-state index is 0.00312. The number of amides is 1. The molecule has 0 bridgehead atoms. The van der Waals surface area contributed by atoms with E-state index in [1.807, 2.05) is 6.08 Å². The van der Waals surface area contributed by atoms with Crippen molar-refractivity contribution in [2.75, 3.05) is 13.2 Å². The topological polar surface area (TPSA) is 95.9 Å². The molecular formula is C59H111NO5. The lowest BCUT2D eigenvalue weighted by Crippen LogP contribution is -2.45. The number of carbonyl (C=O) groups is 2. The Hall–Kier alpha value is -1.92. The number of hydrogen-bond acceptors (Lipinski definition) is 5. The van der Waals surface area contributed by atoms with Crippen LogP contribution in [0, 0.1) is 0 Å². The molecule has 0 aliphatic carbocycles. The Morgan fingerprint density at radius 1 is 0.431 bits per heavy atom. The van der Waals surface area contributed by atoms with Crippen LogP contribution in [-0.4, -0.2) is 47.4 Å². The van der Waals surface area contributed by atoms with Crippen LogP contribution < -0.4 is 5.32 Å². The minimum Gasteiger partial charge on any atom is -0.466 e. The smallest absolute Gasteiger partial charge is 0.305 e. The normalized spacial score (nSPS) is 12.9. The van der Waals surface area contributed by atoms with Crippen molar-refractivity contribution in [3.8, 4) is 0 Å². The van der Waals surface area contributed by atoms with E-state index in [4.69, 9.17) is 4.74 Å². The Morgan fingerprint density at radius 3 is 1.18 bits per heavy atom. The zero-order valence-electron chi connectivity index (χ0n) is 43.5.